The number of ether oxygens (including phenoxy) is 1. The minimum absolute atomic E-state index is 0.000683. The maximum atomic E-state index is 6.23. The molecule has 0 bridgehead atoms. The highest BCUT2D eigenvalue weighted by atomic mass is 16.5. The molecule has 112 valence electrons. The van der Waals surface area contributed by atoms with Crippen molar-refractivity contribution < 1.29 is 4.74 Å². The van der Waals surface area contributed by atoms with Gasteiger partial charge in [-0.2, -0.15) is 0 Å². The Bertz CT molecular complexity index is 312. The van der Waals surface area contributed by atoms with E-state index in [9.17, 15) is 0 Å². The summed E-state index contributed by atoms with van der Waals surface area (Å²) in [5.74, 6) is 0. The molecule has 3 atom stereocenters. The second kappa shape index (κ2) is 5.68. The van der Waals surface area contributed by atoms with Crippen molar-refractivity contribution in [3.8, 4) is 0 Å². The van der Waals surface area contributed by atoms with Crippen molar-refractivity contribution in [2.75, 3.05) is 39.8 Å². The minimum atomic E-state index is 0.000683. The third-order valence-corrected chi connectivity index (χ3v) is 5.29. The van der Waals surface area contributed by atoms with Crippen LogP contribution in [0, 0.1) is 0 Å². The molecule has 0 aromatic heterocycles. The summed E-state index contributed by atoms with van der Waals surface area (Å²) < 4.78 is 6.03. The standard InChI is InChI=1S/C15H31N3O/c1-5-14(3)11-15(12-16,6-9-19-14)18-8-7-17(4)10-13(18)2/h13H,5-12,16H2,1-4H3. The van der Waals surface area contributed by atoms with Crippen molar-refractivity contribution in [1.29, 1.82) is 0 Å². The van der Waals surface area contributed by atoms with Gasteiger partial charge in [0, 0.05) is 44.4 Å². The molecule has 2 aliphatic rings. The van der Waals surface area contributed by atoms with E-state index in [0.717, 1.165) is 52.0 Å². The minimum Gasteiger partial charge on any atom is -0.375 e. The van der Waals surface area contributed by atoms with Gasteiger partial charge in [0.05, 0.1) is 5.60 Å². The van der Waals surface area contributed by atoms with Crippen LogP contribution in [0.1, 0.15) is 40.0 Å². The molecule has 4 nitrogen and oxygen atoms in total. The molecule has 2 fully saturated rings. The molecule has 3 unspecified atom stereocenters. The fourth-order valence-electron chi connectivity index (χ4n) is 3.93. The normalized spacial score (nSPS) is 42.5. The Kier molecular flexibility index (Phi) is 4.56. The molecule has 0 aromatic rings. The molecular weight excluding hydrogens is 238 g/mol. The van der Waals surface area contributed by atoms with E-state index in [0.29, 0.717) is 6.04 Å². The van der Waals surface area contributed by atoms with Crippen LogP contribution in [-0.2, 0) is 4.74 Å². The van der Waals surface area contributed by atoms with Gasteiger partial charge < -0.3 is 15.4 Å². The Balaban J connectivity index is 2.17. The number of hydrogen-bond acceptors (Lipinski definition) is 4. The monoisotopic (exact) mass is 269 g/mol. The highest BCUT2D eigenvalue weighted by Gasteiger charge is 2.47. The fraction of sp³-hybridized carbons (Fsp3) is 1.00. The van der Waals surface area contributed by atoms with Crippen molar-refractivity contribution >= 4 is 0 Å². The van der Waals surface area contributed by atoms with Gasteiger partial charge in [0.2, 0.25) is 0 Å². The zero-order valence-corrected chi connectivity index (χ0v) is 13.1. The number of likely N-dealkylation sites (N-methyl/N-ethyl adjacent to an activating group) is 1. The summed E-state index contributed by atoms with van der Waals surface area (Å²) in [7, 11) is 2.21. The van der Waals surface area contributed by atoms with Crippen LogP contribution < -0.4 is 5.73 Å². The Morgan fingerprint density at radius 2 is 2.11 bits per heavy atom. The number of nitrogens with two attached hydrogens (primary N) is 1. The number of rotatable bonds is 3. The molecule has 0 spiro atoms. The third-order valence-electron chi connectivity index (χ3n) is 5.29. The van der Waals surface area contributed by atoms with Gasteiger partial charge in [0.15, 0.2) is 0 Å². The molecule has 0 saturated carbocycles. The van der Waals surface area contributed by atoms with E-state index in [1.807, 2.05) is 0 Å². The van der Waals surface area contributed by atoms with E-state index in [1.54, 1.807) is 0 Å². The lowest BCUT2D eigenvalue weighted by Crippen LogP contribution is -2.67. The van der Waals surface area contributed by atoms with Crippen molar-refractivity contribution in [3.05, 3.63) is 0 Å². The van der Waals surface area contributed by atoms with E-state index in [4.69, 9.17) is 10.5 Å². The molecule has 2 aliphatic heterocycles. The summed E-state index contributed by atoms with van der Waals surface area (Å²) >= 11 is 0. The summed E-state index contributed by atoms with van der Waals surface area (Å²) in [6, 6.07) is 0.585. The zero-order valence-electron chi connectivity index (χ0n) is 13.1. The summed E-state index contributed by atoms with van der Waals surface area (Å²) in [6.45, 7) is 11.8. The fourth-order valence-corrected chi connectivity index (χ4v) is 3.93. The number of nitrogens with zero attached hydrogens (tertiary/aromatic N) is 2. The van der Waals surface area contributed by atoms with Gasteiger partial charge in [-0.15, -0.1) is 0 Å². The lowest BCUT2D eigenvalue weighted by atomic mass is 9.77. The number of hydrogen-bond donors (Lipinski definition) is 1. The molecule has 2 N–H and O–H groups in total. The van der Waals surface area contributed by atoms with Crippen molar-refractivity contribution in [2.24, 2.45) is 5.73 Å². The van der Waals surface area contributed by atoms with Crippen LogP contribution >= 0.6 is 0 Å². The average Bonchev–Trinajstić information content (AvgIpc) is 2.38. The van der Waals surface area contributed by atoms with Crippen LogP contribution in [0.2, 0.25) is 0 Å². The van der Waals surface area contributed by atoms with E-state index >= 15 is 0 Å². The Morgan fingerprint density at radius 1 is 1.37 bits per heavy atom. The Morgan fingerprint density at radius 3 is 2.68 bits per heavy atom. The molecule has 0 amide bonds. The van der Waals surface area contributed by atoms with Crippen molar-refractivity contribution in [1.82, 2.24) is 9.80 Å². The molecule has 2 rings (SSSR count). The van der Waals surface area contributed by atoms with E-state index < -0.39 is 0 Å². The van der Waals surface area contributed by atoms with Crippen LogP contribution in [0.15, 0.2) is 0 Å². The van der Waals surface area contributed by atoms with Gasteiger partial charge in [-0.3, -0.25) is 4.90 Å². The SMILES string of the molecule is CCC1(C)CC(CN)(N2CCN(C)CC2C)CCO1. The molecule has 0 aromatic carbocycles. The molecule has 0 radical (unpaired) electrons. The van der Waals surface area contributed by atoms with Gasteiger partial charge >= 0.3 is 0 Å². The average molecular weight is 269 g/mol. The highest BCUT2D eigenvalue weighted by Crippen LogP contribution is 2.39. The molecule has 19 heavy (non-hydrogen) atoms. The maximum absolute atomic E-state index is 6.23. The topological polar surface area (TPSA) is 41.7 Å². The van der Waals surface area contributed by atoms with E-state index in [-0.39, 0.29) is 11.1 Å². The highest BCUT2D eigenvalue weighted by molar-refractivity contribution is 5.03. The Labute approximate surface area is 118 Å². The zero-order chi connectivity index (χ0) is 14.1. The van der Waals surface area contributed by atoms with Crippen molar-refractivity contribution in [2.45, 2.75) is 57.2 Å². The smallest absolute Gasteiger partial charge is 0.0670 e. The first kappa shape index (κ1) is 15.2. The molecule has 4 heteroatoms. The van der Waals surface area contributed by atoms with E-state index in [2.05, 4.69) is 37.6 Å². The van der Waals surface area contributed by atoms with Crippen molar-refractivity contribution in [3.63, 3.8) is 0 Å². The van der Waals surface area contributed by atoms with Gasteiger partial charge in [0.1, 0.15) is 0 Å². The summed E-state index contributed by atoms with van der Waals surface area (Å²) in [4.78, 5) is 5.09. The quantitative estimate of drug-likeness (QED) is 0.838. The largest absolute Gasteiger partial charge is 0.375 e. The summed E-state index contributed by atoms with van der Waals surface area (Å²) in [6.07, 6.45) is 3.21. The second-order valence-corrected chi connectivity index (χ2v) is 6.81. The van der Waals surface area contributed by atoms with Crippen LogP contribution in [0.4, 0.5) is 0 Å². The van der Waals surface area contributed by atoms with Gasteiger partial charge in [-0.05, 0) is 40.2 Å². The first-order chi connectivity index (χ1) is 8.95. The van der Waals surface area contributed by atoms with Crippen LogP contribution in [0.3, 0.4) is 0 Å². The first-order valence-electron chi connectivity index (χ1n) is 7.74. The van der Waals surface area contributed by atoms with Crippen LogP contribution in [0.5, 0.6) is 0 Å². The Hall–Kier alpha value is -0.160. The first-order valence-corrected chi connectivity index (χ1v) is 7.74. The summed E-state index contributed by atoms with van der Waals surface area (Å²) in [5, 5.41) is 0. The lowest BCUT2D eigenvalue weighted by Gasteiger charge is -2.55. The molecular formula is C15H31N3O. The van der Waals surface area contributed by atoms with Crippen LogP contribution in [0.25, 0.3) is 0 Å². The van der Waals surface area contributed by atoms with Gasteiger partial charge in [-0.25, -0.2) is 0 Å². The van der Waals surface area contributed by atoms with Crippen LogP contribution in [-0.4, -0.2) is 66.8 Å². The predicted molar refractivity (Wildman–Crippen MR) is 79.3 cm³/mol. The third kappa shape index (κ3) is 2.97. The molecule has 0 aliphatic carbocycles. The maximum Gasteiger partial charge on any atom is 0.0670 e. The predicted octanol–water partition coefficient (Wildman–Crippen LogP) is 1.30. The van der Waals surface area contributed by atoms with Gasteiger partial charge in [-0.1, -0.05) is 6.92 Å². The second-order valence-electron chi connectivity index (χ2n) is 6.81. The summed E-state index contributed by atoms with van der Waals surface area (Å²) in [5.41, 5.74) is 6.37. The lowest BCUT2D eigenvalue weighted by molar-refractivity contribution is -0.142. The molecule has 2 heterocycles. The number of piperazine rings is 1. The molecule has 2 saturated heterocycles. The van der Waals surface area contributed by atoms with E-state index in [1.165, 1.54) is 0 Å². The van der Waals surface area contributed by atoms with Gasteiger partial charge in [0.25, 0.3) is 0 Å².